The van der Waals surface area contributed by atoms with Crippen LogP contribution in [0.5, 0.6) is 0 Å². The highest BCUT2D eigenvalue weighted by Crippen LogP contribution is 1.67. The molecule has 0 unspecified atom stereocenters. The number of nitrogens with zero attached hydrogens (tertiary/aromatic N) is 1. The number of hydrogen-bond donors (Lipinski definition) is 0. The van der Waals surface area contributed by atoms with E-state index in [0.717, 1.165) is 6.42 Å². The lowest BCUT2D eigenvalue weighted by atomic mass is 10.5. The Bertz CT molecular complexity index is 55.0. The molecule has 0 aromatic rings. The lowest BCUT2D eigenvalue weighted by molar-refractivity contribution is 1.31. The van der Waals surface area contributed by atoms with E-state index in [-0.39, 0.29) is 0 Å². The molecule has 0 N–H and O–H groups in total. The highest BCUT2D eigenvalue weighted by Gasteiger charge is 1.55. The van der Waals surface area contributed by atoms with Crippen LogP contribution in [0.4, 0.5) is 0 Å². The summed E-state index contributed by atoms with van der Waals surface area (Å²) in [6.45, 7) is 5.44. The van der Waals surface area contributed by atoms with Crippen molar-refractivity contribution in [3.63, 3.8) is 0 Å². The minimum Gasteiger partial charge on any atom is -0.270 e. The summed E-state index contributed by atoms with van der Waals surface area (Å²) in [7, 11) is 0. The van der Waals surface area contributed by atoms with E-state index < -0.39 is 0 Å². The zero-order valence-electron chi connectivity index (χ0n) is 4.02. The summed E-state index contributed by atoms with van der Waals surface area (Å²) in [5.41, 5.74) is 0. The van der Waals surface area contributed by atoms with Gasteiger partial charge in [0.2, 0.25) is 0 Å². The van der Waals surface area contributed by atoms with Gasteiger partial charge in [0.25, 0.3) is 0 Å². The van der Waals surface area contributed by atoms with Gasteiger partial charge in [-0.3, -0.25) is 4.99 Å². The lowest BCUT2D eigenvalue weighted by Crippen LogP contribution is -1.59. The first kappa shape index (κ1) is 5.41. The summed E-state index contributed by atoms with van der Waals surface area (Å²) in [5.74, 6) is 0. The Labute approximate surface area is 38.4 Å². The van der Waals surface area contributed by atoms with Gasteiger partial charge in [-0.05, 0) is 6.42 Å². The maximum absolute atomic E-state index is 3.73. The highest BCUT2D eigenvalue weighted by molar-refractivity contribution is 5.57. The van der Waals surface area contributed by atoms with Gasteiger partial charge >= 0.3 is 0 Å². The van der Waals surface area contributed by atoms with Gasteiger partial charge in [-0.15, -0.1) is 0 Å². The van der Waals surface area contributed by atoms with Crippen molar-refractivity contribution >= 4 is 6.21 Å². The van der Waals surface area contributed by atoms with E-state index in [9.17, 15) is 0 Å². The van der Waals surface area contributed by atoms with Crippen molar-refractivity contribution in [2.45, 2.75) is 13.3 Å². The average molecular weight is 83.1 g/mol. The summed E-state index contributed by atoms with van der Waals surface area (Å²) in [5, 5.41) is 0. The third-order valence-electron chi connectivity index (χ3n) is 0.393. The molecule has 0 aromatic carbocycles. The molecule has 0 aliphatic heterocycles. The summed E-state index contributed by atoms with van der Waals surface area (Å²) in [4.78, 5) is 3.73. The lowest BCUT2D eigenvalue weighted by Gasteiger charge is -1.68. The van der Waals surface area contributed by atoms with Crippen LogP contribution in [0.2, 0.25) is 0 Å². The fourth-order valence-electron chi connectivity index (χ4n) is 0.180. The molecule has 0 aromatic heterocycles. The van der Waals surface area contributed by atoms with Crippen LogP contribution < -0.4 is 0 Å². The maximum Gasteiger partial charge on any atom is 0.0191 e. The normalized spacial score (nSPS) is 9.50. The van der Waals surface area contributed by atoms with Crippen LogP contribution in [-0.2, 0) is 0 Å². The minimum absolute atomic E-state index is 0.992. The topological polar surface area (TPSA) is 12.4 Å². The van der Waals surface area contributed by atoms with Gasteiger partial charge in [-0.1, -0.05) is 13.5 Å². The predicted molar refractivity (Wildman–Crippen MR) is 29.0 cm³/mol. The van der Waals surface area contributed by atoms with Crippen LogP contribution in [0, 0.1) is 0 Å². The molecule has 1 heteroatoms. The standard InChI is InChI=1S/C5H9N/c1-3-5-6-4-2/h4-5H,2-3H2,1H3/b6-5-. The van der Waals surface area contributed by atoms with Crippen LogP contribution in [0.15, 0.2) is 17.8 Å². The minimum atomic E-state index is 0.992. The van der Waals surface area contributed by atoms with Gasteiger partial charge in [-0.2, -0.15) is 0 Å². The second kappa shape index (κ2) is 4.41. The molecule has 0 saturated carbocycles. The Morgan fingerprint density at radius 2 is 2.50 bits per heavy atom. The van der Waals surface area contributed by atoms with E-state index in [1.165, 1.54) is 6.20 Å². The molecule has 0 aliphatic rings. The first-order chi connectivity index (χ1) is 2.91. The van der Waals surface area contributed by atoms with Crippen molar-refractivity contribution in [2.75, 3.05) is 0 Å². The van der Waals surface area contributed by atoms with Gasteiger partial charge in [0.1, 0.15) is 0 Å². The summed E-state index contributed by atoms with van der Waals surface area (Å²) in [6, 6.07) is 0. The number of hydrogen-bond acceptors (Lipinski definition) is 1. The SMILES string of the molecule is C=C/N=C\CC. The molecule has 6 heavy (non-hydrogen) atoms. The Hall–Kier alpha value is -0.590. The van der Waals surface area contributed by atoms with Crippen molar-refractivity contribution in [3.8, 4) is 0 Å². The summed E-state index contributed by atoms with van der Waals surface area (Å²) < 4.78 is 0. The van der Waals surface area contributed by atoms with E-state index in [4.69, 9.17) is 0 Å². The molecule has 0 fully saturated rings. The zero-order chi connectivity index (χ0) is 4.83. The smallest absolute Gasteiger partial charge is 0.0191 e. The Morgan fingerprint density at radius 3 is 2.67 bits per heavy atom. The monoisotopic (exact) mass is 83.1 g/mol. The molecule has 0 spiro atoms. The second-order valence-electron chi connectivity index (χ2n) is 0.922. The van der Waals surface area contributed by atoms with Crippen LogP contribution in [0.3, 0.4) is 0 Å². The molecule has 0 aliphatic carbocycles. The number of aliphatic imine (C=N–C) groups is 1. The van der Waals surface area contributed by atoms with Gasteiger partial charge in [0.15, 0.2) is 0 Å². The molecule has 0 radical (unpaired) electrons. The fourth-order valence-corrected chi connectivity index (χ4v) is 0.180. The van der Waals surface area contributed by atoms with Crippen molar-refractivity contribution < 1.29 is 0 Å². The van der Waals surface area contributed by atoms with Crippen LogP contribution in [-0.4, -0.2) is 6.21 Å². The Balaban J connectivity index is 2.94. The molecule has 34 valence electrons. The second-order valence-corrected chi connectivity index (χ2v) is 0.922. The molecule has 1 nitrogen and oxygen atoms in total. The Kier molecular flexibility index (Phi) is 3.98. The summed E-state index contributed by atoms with van der Waals surface area (Å²) >= 11 is 0. The van der Waals surface area contributed by atoms with E-state index in [1.807, 2.05) is 13.1 Å². The predicted octanol–water partition coefficient (Wildman–Crippen LogP) is 1.61. The van der Waals surface area contributed by atoms with Gasteiger partial charge in [-0.25, -0.2) is 0 Å². The van der Waals surface area contributed by atoms with Crippen molar-refractivity contribution in [1.82, 2.24) is 0 Å². The van der Waals surface area contributed by atoms with Gasteiger partial charge in [0.05, 0.1) is 0 Å². The third-order valence-corrected chi connectivity index (χ3v) is 0.393. The quantitative estimate of drug-likeness (QED) is 0.450. The van der Waals surface area contributed by atoms with Crippen LogP contribution in [0.1, 0.15) is 13.3 Å². The first-order valence-corrected chi connectivity index (χ1v) is 2.04. The molecular weight excluding hydrogens is 74.1 g/mol. The van der Waals surface area contributed by atoms with Crippen LogP contribution in [0.25, 0.3) is 0 Å². The largest absolute Gasteiger partial charge is 0.270 e. The van der Waals surface area contributed by atoms with E-state index in [0.29, 0.717) is 0 Å². The molecule has 0 atom stereocenters. The maximum atomic E-state index is 3.73. The van der Waals surface area contributed by atoms with E-state index in [2.05, 4.69) is 11.6 Å². The van der Waals surface area contributed by atoms with Crippen molar-refractivity contribution in [2.24, 2.45) is 4.99 Å². The van der Waals surface area contributed by atoms with E-state index in [1.54, 1.807) is 0 Å². The molecule has 0 rings (SSSR count). The Morgan fingerprint density at radius 1 is 1.83 bits per heavy atom. The highest BCUT2D eigenvalue weighted by atomic mass is 14.6. The number of rotatable bonds is 2. The fraction of sp³-hybridized carbons (Fsp3) is 0.400. The van der Waals surface area contributed by atoms with Gasteiger partial charge in [0, 0.05) is 12.4 Å². The zero-order valence-corrected chi connectivity index (χ0v) is 4.02. The molecular formula is C5H9N. The van der Waals surface area contributed by atoms with E-state index >= 15 is 0 Å². The molecule has 0 heterocycles. The summed E-state index contributed by atoms with van der Waals surface area (Å²) in [6.07, 6.45) is 4.34. The van der Waals surface area contributed by atoms with Crippen molar-refractivity contribution in [3.05, 3.63) is 12.8 Å². The van der Waals surface area contributed by atoms with Gasteiger partial charge < -0.3 is 0 Å². The first-order valence-electron chi connectivity index (χ1n) is 2.04. The van der Waals surface area contributed by atoms with Crippen LogP contribution >= 0.6 is 0 Å². The average Bonchev–Trinajstić information content (AvgIpc) is 1.61. The third kappa shape index (κ3) is 3.41. The molecule has 0 amide bonds. The molecule has 0 bridgehead atoms. The molecule has 0 saturated heterocycles. The van der Waals surface area contributed by atoms with Crippen molar-refractivity contribution in [1.29, 1.82) is 0 Å².